The number of carbonyl (C=O) groups excluding carboxylic acids is 1. The largest absolute Gasteiger partial charge is 0.412 e. The van der Waals surface area contributed by atoms with Gasteiger partial charge in [0, 0.05) is 25.1 Å². The fraction of sp³-hybridized carbons (Fsp3) is 0.700. The molecule has 1 fully saturated rings. The summed E-state index contributed by atoms with van der Waals surface area (Å²) < 4.78 is 36.7. The molecule has 0 unspecified atom stereocenters. The van der Waals surface area contributed by atoms with Crippen LogP contribution in [0.2, 0.25) is 0 Å². The maximum absolute atomic E-state index is 12.2. The highest BCUT2D eigenvalue weighted by Gasteiger charge is 2.40. The molecule has 1 rings (SSSR count). The highest BCUT2D eigenvalue weighted by atomic mass is 19.4. The Hall–Kier alpha value is -1.04. The van der Waals surface area contributed by atoms with Crippen LogP contribution in [-0.2, 0) is 4.79 Å². The van der Waals surface area contributed by atoms with Crippen LogP contribution in [0, 0.1) is 0 Å². The Kier molecular flexibility index (Phi) is 3.62. The number of aliphatic hydroxyl groups is 1. The third kappa shape index (κ3) is 3.23. The Bertz CT molecular complexity index is 280. The number of nitrogens with zero attached hydrogens (tertiary/aromatic N) is 1. The Labute approximate surface area is 91.5 Å². The van der Waals surface area contributed by atoms with Crippen LogP contribution in [-0.4, -0.2) is 41.3 Å². The van der Waals surface area contributed by atoms with Gasteiger partial charge in [0.25, 0.3) is 0 Å². The minimum absolute atomic E-state index is 0.154. The van der Waals surface area contributed by atoms with E-state index in [4.69, 9.17) is 0 Å². The molecule has 0 saturated carbocycles. The van der Waals surface area contributed by atoms with E-state index in [2.05, 4.69) is 6.58 Å². The molecule has 0 radical (unpaired) electrons. The van der Waals surface area contributed by atoms with Gasteiger partial charge in [-0.2, -0.15) is 13.2 Å². The predicted octanol–water partition coefficient (Wildman–Crippen LogP) is 1.48. The molecule has 0 atom stereocenters. The molecule has 0 aliphatic carbocycles. The Morgan fingerprint density at radius 3 is 2.31 bits per heavy atom. The molecule has 92 valence electrons. The average molecular weight is 237 g/mol. The third-order valence-electron chi connectivity index (χ3n) is 2.82. The lowest BCUT2D eigenvalue weighted by molar-refractivity contribution is -0.124. The van der Waals surface area contributed by atoms with E-state index in [1.165, 1.54) is 4.90 Å². The number of rotatable bonds is 3. The molecule has 1 saturated heterocycles. The molecular weight excluding hydrogens is 223 g/mol. The van der Waals surface area contributed by atoms with E-state index in [1.807, 2.05) is 0 Å². The molecule has 0 aromatic heterocycles. The zero-order valence-corrected chi connectivity index (χ0v) is 8.76. The lowest BCUT2D eigenvalue weighted by Gasteiger charge is -2.37. The van der Waals surface area contributed by atoms with Crippen molar-refractivity contribution in [3.05, 3.63) is 12.2 Å². The molecule has 0 bridgehead atoms. The zero-order valence-electron chi connectivity index (χ0n) is 8.76. The number of hydrogen-bond donors (Lipinski definition) is 1. The molecule has 0 aromatic rings. The summed E-state index contributed by atoms with van der Waals surface area (Å²) in [5.41, 5.74) is -2.30. The van der Waals surface area contributed by atoms with Crippen molar-refractivity contribution in [1.29, 1.82) is 0 Å². The summed E-state index contributed by atoms with van der Waals surface area (Å²) in [6, 6.07) is 0. The Morgan fingerprint density at radius 2 is 1.94 bits per heavy atom. The van der Waals surface area contributed by atoms with Crippen molar-refractivity contribution in [3.63, 3.8) is 0 Å². The lowest BCUT2D eigenvalue weighted by atomic mass is 9.85. The molecule has 1 aliphatic rings. The van der Waals surface area contributed by atoms with Gasteiger partial charge < -0.3 is 10.0 Å². The van der Waals surface area contributed by atoms with Crippen LogP contribution in [0.1, 0.15) is 19.3 Å². The van der Waals surface area contributed by atoms with Gasteiger partial charge in [0.2, 0.25) is 6.41 Å². The fourth-order valence-electron chi connectivity index (χ4n) is 1.72. The van der Waals surface area contributed by atoms with Gasteiger partial charge in [-0.25, -0.2) is 0 Å². The maximum Gasteiger partial charge on any atom is 0.412 e. The fourth-order valence-corrected chi connectivity index (χ4v) is 1.72. The summed E-state index contributed by atoms with van der Waals surface area (Å²) in [6.07, 6.45) is -4.00. The molecule has 1 amide bonds. The number of likely N-dealkylation sites (tertiary alicyclic amines) is 1. The second-order valence-electron chi connectivity index (χ2n) is 4.14. The molecule has 16 heavy (non-hydrogen) atoms. The topological polar surface area (TPSA) is 40.5 Å². The number of piperidine rings is 1. The van der Waals surface area contributed by atoms with E-state index >= 15 is 0 Å². The van der Waals surface area contributed by atoms with Crippen molar-refractivity contribution in [1.82, 2.24) is 4.90 Å². The van der Waals surface area contributed by atoms with Gasteiger partial charge in [0.1, 0.15) is 0 Å². The highest BCUT2D eigenvalue weighted by molar-refractivity contribution is 5.47. The molecule has 1 heterocycles. The van der Waals surface area contributed by atoms with Crippen molar-refractivity contribution in [2.75, 3.05) is 13.1 Å². The van der Waals surface area contributed by atoms with E-state index in [1.54, 1.807) is 0 Å². The van der Waals surface area contributed by atoms with Gasteiger partial charge in [0.15, 0.2) is 0 Å². The smallest absolute Gasteiger partial charge is 0.389 e. The summed E-state index contributed by atoms with van der Waals surface area (Å²) >= 11 is 0. The van der Waals surface area contributed by atoms with Gasteiger partial charge >= 0.3 is 6.18 Å². The summed E-state index contributed by atoms with van der Waals surface area (Å²) in [6.45, 7) is 3.50. The van der Waals surface area contributed by atoms with Crippen molar-refractivity contribution < 1.29 is 23.1 Å². The van der Waals surface area contributed by atoms with Gasteiger partial charge in [-0.1, -0.05) is 6.58 Å². The summed E-state index contributed by atoms with van der Waals surface area (Å²) in [5.74, 6) is 0. The molecule has 0 spiro atoms. The van der Waals surface area contributed by atoms with Crippen molar-refractivity contribution in [2.24, 2.45) is 0 Å². The second kappa shape index (κ2) is 4.45. The summed E-state index contributed by atoms with van der Waals surface area (Å²) in [5, 5.41) is 9.91. The average Bonchev–Trinajstić information content (AvgIpc) is 2.17. The number of hydrogen-bond acceptors (Lipinski definition) is 2. The van der Waals surface area contributed by atoms with Crippen LogP contribution in [0.5, 0.6) is 0 Å². The van der Waals surface area contributed by atoms with Gasteiger partial charge in [-0.05, 0) is 12.8 Å². The number of carbonyl (C=O) groups is 1. The summed E-state index contributed by atoms with van der Waals surface area (Å²) in [7, 11) is 0. The first kappa shape index (κ1) is 13.0. The van der Waals surface area contributed by atoms with E-state index in [-0.39, 0.29) is 25.9 Å². The van der Waals surface area contributed by atoms with E-state index in [0.717, 1.165) is 0 Å². The van der Waals surface area contributed by atoms with Crippen molar-refractivity contribution in [3.8, 4) is 0 Å². The standard InChI is InChI=1S/C10H14F3NO2/c1-8(10(11,12)13)6-9(16)2-4-14(7-15)5-3-9/h7,16H,1-6H2. The van der Waals surface area contributed by atoms with Gasteiger partial charge in [-0.3, -0.25) is 4.79 Å². The molecule has 0 aromatic carbocycles. The minimum atomic E-state index is -4.46. The van der Waals surface area contributed by atoms with Gasteiger partial charge in [0.05, 0.1) is 5.60 Å². The molecular formula is C10H14F3NO2. The normalized spacial score (nSPS) is 20.6. The number of amides is 1. The van der Waals surface area contributed by atoms with Crippen LogP contribution in [0.15, 0.2) is 12.2 Å². The van der Waals surface area contributed by atoms with E-state index < -0.39 is 23.8 Å². The molecule has 6 heteroatoms. The molecule has 1 N–H and O–H groups in total. The van der Waals surface area contributed by atoms with Crippen LogP contribution < -0.4 is 0 Å². The maximum atomic E-state index is 12.2. The highest BCUT2D eigenvalue weighted by Crippen LogP contribution is 2.35. The Morgan fingerprint density at radius 1 is 1.44 bits per heavy atom. The predicted molar refractivity (Wildman–Crippen MR) is 51.6 cm³/mol. The van der Waals surface area contributed by atoms with Gasteiger partial charge in [-0.15, -0.1) is 0 Å². The van der Waals surface area contributed by atoms with E-state index in [9.17, 15) is 23.1 Å². The minimum Gasteiger partial charge on any atom is -0.389 e. The van der Waals surface area contributed by atoms with Crippen molar-refractivity contribution in [2.45, 2.75) is 31.0 Å². The van der Waals surface area contributed by atoms with Crippen LogP contribution in [0.25, 0.3) is 0 Å². The second-order valence-corrected chi connectivity index (χ2v) is 4.14. The summed E-state index contributed by atoms with van der Waals surface area (Å²) in [4.78, 5) is 11.8. The molecule has 1 aliphatic heterocycles. The van der Waals surface area contributed by atoms with Crippen molar-refractivity contribution >= 4 is 6.41 Å². The third-order valence-corrected chi connectivity index (χ3v) is 2.82. The SMILES string of the molecule is C=C(CC1(O)CCN(C=O)CC1)C(F)(F)F. The lowest BCUT2D eigenvalue weighted by Crippen LogP contribution is -2.44. The zero-order chi connectivity index (χ0) is 12.4. The molecule has 3 nitrogen and oxygen atoms in total. The first-order valence-corrected chi connectivity index (χ1v) is 4.93. The van der Waals surface area contributed by atoms with Crippen LogP contribution in [0.3, 0.4) is 0 Å². The van der Waals surface area contributed by atoms with Crippen LogP contribution >= 0.6 is 0 Å². The Balaban J connectivity index is 2.54. The quantitative estimate of drug-likeness (QED) is 0.596. The van der Waals surface area contributed by atoms with E-state index in [0.29, 0.717) is 6.41 Å². The monoisotopic (exact) mass is 237 g/mol. The van der Waals surface area contributed by atoms with Crippen LogP contribution in [0.4, 0.5) is 13.2 Å². The number of alkyl halides is 3. The first-order chi connectivity index (χ1) is 7.27. The number of halogens is 3. The first-order valence-electron chi connectivity index (χ1n) is 4.93.